The van der Waals surface area contributed by atoms with Gasteiger partial charge >= 0.3 is 0 Å². The molecule has 0 aliphatic carbocycles. The SMILES string of the molecule is Cc1ccc(Br)cc1C(=O)N(C)C1CCNCC1. The van der Waals surface area contributed by atoms with Crippen LogP contribution < -0.4 is 5.32 Å². The van der Waals surface area contributed by atoms with Crippen molar-refractivity contribution in [1.29, 1.82) is 0 Å². The van der Waals surface area contributed by atoms with E-state index in [0.29, 0.717) is 6.04 Å². The molecule has 98 valence electrons. The van der Waals surface area contributed by atoms with Crippen molar-refractivity contribution in [2.45, 2.75) is 25.8 Å². The smallest absolute Gasteiger partial charge is 0.254 e. The fraction of sp³-hybridized carbons (Fsp3) is 0.500. The van der Waals surface area contributed by atoms with Crippen molar-refractivity contribution in [3.63, 3.8) is 0 Å². The van der Waals surface area contributed by atoms with Gasteiger partial charge in [-0.1, -0.05) is 22.0 Å². The van der Waals surface area contributed by atoms with E-state index < -0.39 is 0 Å². The average molecular weight is 311 g/mol. The average Bonchev–Trinajstić information content (AvgIpc) is 2.41. The Balaban J connectivity index is 2.16. The number of carbonyl (C=O) groups is 1. The summed E-state index contributed by atoms with van der Waals surface area (Å²) in [5.41, 5.74) is 1.83. The predicted molar refractivity (Wildman–Crippen MR) is 76.9 cm³/mol. The zero-order chi connectivity index (χ0) is 13.1. The standard InChI is InChI=1S/C14H19BrN2O/c1-10-3-4-11(15)9-13(10)14(18)17(2)12-5-7-16-8-6-12/h3-4,9,12,16H,5-8H2,1-2H3. The minimum absolute atomic E-state index is 0.126. The first kappa shape index (κ1) is 13.6. The summed E-state index contributed by atoms with van der Waals surface area (Å²) in [5.74, 6) is 0.126. The summed E-state index contributed by atoms with van der Waals surface area (Å²) >= 11 is 3.43. The first-order valence-corrected chi connectivity index (χ1v) is 7.13. The van der Waals surface area contributed by atoms with Crippen molar-refractivity contribution < 1.29 is 4.79 Å². The van der Waals surface area contributed by atoms with Crippen molar-refractivity contribution in [2.24, 2.45) is 0 Å². The first-order chi connectivity index (χ1) is 8.59. The van der Waals surface area contributed by atoms with E-state index >= 15 is 0 Å². The maximum absolute atomic E-state index is 12.5. The summed E-state index contributed by atoms with van der Waals surface area (Å²) in [4.78, 5) is 14.4. The predicted octanol–water partition coefficient (Wildman–Crippen LogP) is 2.58. The number of aryl methyl sites for hydroxylation is 1. The molecule has 1 aromatic rings. The minimum Gasteiger partial charge on any atom is -0.339 e. The first-order valence-electron chi connectivity index (χ1n) is 6.33. The number of hydrogen-bond donors (Lipinski definition) is 1. The zero-order valence-electron chi connectivity index (χ0n) is 10.9. The van der Waals surface area contributed by atoms with Gasteiger partial charge in [-0.05, 0) is 50.6 Å². The van der Waals surface area contributed by atoms with Crippen molar-refractivity contribution in [2.75, 3.05) is 20.1 Å². The van der Waals surface area contributed by atoms with Gasteiger partial charge in [0.1, 0.15) is 0 Å². The zero-order valence-corrected chi connectivity index (χ0v) is 12.5. The van der Waals surface area contributed by atoms with Crippen LogP contribution in [0.1, 0.15) is 28.8 Å². The highest BCUT2D eigenvalue weighted by Crippen LogP contribution is 2.20. The van der Waals surface area contributed by atoms with Crippen molar-refractivity contribution in [3.05, 3.63) is 33.8 Å². The second kappa shape index (κ2) is 5.85. The van der Waals surface area contributed by atoms with Gasteiger partial charge < -0.3 is 10.2 Å². The molecule has 0 atom stereocenters. The van der Waals surface area contributed by atoms with Crippen LogP contribution in [0, 0.1) is 6.92 Å². The third-order valence-electron chi connectivity index (χ3n) is 3.61. The molecular weight excluding hydrogens is 292 g/mol. The molecule has 1 aliphatic heterocycles. The Morgan fingerprint density at radius 2 is 2.06 bits per heavy atom. The minimum atomic E-state index is 0.126. The van der Waals surface area contributed by atoms with Crippen molar-refractivity contribution >= 4 is 21.8 Å². The van der Waals surface area contributed by atoms with E-state index in [1.54, 1.807) is 0 Å². The molecule has 1 N–H and O–H groups in total. The van der Waals surface area contributed by atoms with E-state index in [-0.39, 0.29) is 5.91 Å². The van der Waals surface area contributed by atoms with E-state index in [9.17, 15) is 4.79 Å². The largest absolute Gasteiger partial charge is 0.339 e. The monoisotopic (exact) mass is 310 g/mol. The molecule has 0 unspecified atom stereocenters. The van der Waals surface area contributed by atoms with E-state index in [1.165, 1.54) is 0 Å². The van der Waals surface area contributed by atoms with Crippen LogP contribution in [-0.2, 0) is 0 Å². The van der Waals surface area contributed by atoms with Crippen molar-refractivity contribution in [3.8, 4) is 0 Å². The normalized spacial score (nSPS) is 16.6. The Morgan fingerprint density at radius 1 is 1.39 bits per heavy atom. The number of amides is 1. The third kappa shape index (κ3) is 2.93. The molecule has 0 spiro atoms. The quantitative estimate of drug-likeness (QED) is 0.910. The van der Waals surface area contributed by atoms with Crippen LogP contribution >= 0.6 is 15.9 Å². The van der Waals surface area contributed by atoms with Crippen LogP contribution in [0.5, 0.6) is 0 Å². The maximum Gasteiger partial charge on any atom is 0.254 e. The molecule has 1 aliphatic rings. The van der Waals surface area contributed by atoms with Gasteiger partial charge in [0.2, 0.25) is 0 Å². The van der Waals surface area contributed by atoms with Crippen LogP contribution in [-0.4, -0.2) is 37.0 Å². The van der Waals surface area contributed by atoms with Gasteiger partial charge in [-0.2, -0.15) is 0 Å². The molecule has 1 fully saturated rings. The molecule has 0 aromatic heterocycles. The maximum atomic E-state index is 12.5. The fourth-order valence-electron chi connectivity index (χ4n) is 2.37. The topological polar surface area (TPSA) is 32.3 Å². The molecule has 3 nitrogen and oxygen atoms in total. The summed E-state index contributed by atoms with van der Waals surface area (Å²) in [6.07, 6.45) is 2.07. The number of halogens is 1. The summed E-state index contributed by atoms with van der Waals surface area (Å²) in [7, 11) is 1.92. The fourth-order valence-corrected chi connectivity index (χ4v) is 2.74. The Hall–Kier alpha value is -0.870. The number of nitrogens with zero attached hydrogens (tertiary/aromatic N) is 1. The lowest BCUT2D eigenvalue weighted by molar-refractivity contribution is 0.0702. The van der Waals surface area contributed by atoms with Gasteiger partial charge in [0.15, 0.2) is 0 Å². The molecule has 18 heavy (non-hydrogen) atoms. The highest BCUT2D eigenvalue weighted by molar-refractivity contribution is 9.10. The Morgan fingerprint density at radius 3 is 2.72 bits per heavy atom. The van der Waals surface area contributed by atoms with Gasteiger partial charge in [0.05, 0.1) is 0 Å². The molecule has 2 rings (SSSR count). The molecule has 1 heterocycles. The lowest BCUT2D eigenvalue weighted by Crippen LogP contribution is -2.44. The van der Waals surface area contributed by atoms with Crippen LogP contribution in [0.15, 0.2) is 22.7 Å². The van der Waals surface area contributed by atoms with E-state index in [4.69, 9.17) is 0 Å². The molecule has 1 aromatic carbocycles. The molecule has 0 radical (unpaired) electrons. The van der Waals surface area contributed by atoms with Crippen LogP contribution in [0.3, 0.4) is 0 Å². The molecule has 1 amide bonds. The highest BCUT2D eigenvalue weighted by atomic mass is 79.9. The summed E-state index contributed by atoms with van der Waals surface area (Å²) in [6.45, 7) is 3.98. The van der Waals surface area contributed by atoms with E-state index in [0.717, 1.165) is 41.5 Å². The second-order valence-corrected chi connectivity index (χ2v) is 5.77. The lowest BCUT2D eigenvalue weighted by Gasteiger charge is -2.32. The van der Waals surface area contributed by atoms with Crippen LogP contribution in [0.4, 0.5) is 0 Å². The molecule has 1 saturated heterocycles. The highest BCUT2D eigenvalue weighted by Gasteiger charge is 2.23. The Labute approximate surface area is 117 Å². The summed E-state index contributed by atoms with van der Waals surface area (Å²) in [6, 6.07) is 6.22. The van der Waals surface area contributed by atoms with Crippen LogP contribution in [0.25, 0.3) is 0 Å². The number of carbonyl (C=O) groups excluding carboxylic acids is 1. The van der Waals surface area contributed by atoms with Crippen LogP contribution in [0.2, 0.25) is 0 Å². The number of nitrogens with one attached hydrogen (secondary N) is 1. The van der Waals surface area contributed by atoms with Gasteiger partial charge in [0, 0.05) is 23.1 Å². The lowest BCUT2D eigenvalue weighted by atomic mass is 10.0. The molecule has 4 heteroatoms. The Bertz CT molecular complexity index is 441. The Kier molecular flexibility index (Phi) is 4.40. The number of hydrogen-bond acceptors (Lipinski definition) is 2. The number of benzene rings is 1. The van der Waals surface area contributed by atoms with Gasteiger partial charge in [-0.15, -0.1) is 0 Å². The summed E-state index contributed by atoms with van der Waals surface area (Å²) < 4.78 is 0.954. The number of piperidine rings is 1. The molecular formula is C14H19BrN2O. The molecule has 0 bridgehead atoms. The van der Waals surface area contributed by atoms with Crippen molar-refractivity contribution in [1.82, 2.24) is 10.2 Å². The number of rotatable bonds is 2. The molecule has 0 saturated carbocycles. The summed E-state index contributed by atoms with van der Waals surface area (Å²) in [5, 5.41) is 3.32. The second-order valence-electron chi connectivity index (χ2n) is 4.86. The van der Waals surface area contributed by atoms with Gasteiger partial charge in [-0.3, -0.25) is 4.79 Å². The van der Waals surface area contributed by atoms with Gasteiger partial charge in [-0.25, -0.2) is 0 Å². The van der Waals surface area contributed by atoms with E-state index in [2.05, 4.69) is 21.2 Å². The third-order valence-corrected chi connectivity index (χ3v) is 4.10. The van der Waals surface area contributed by atoms with E-state index in [1.807, 2.05) is 37.1 Å². The van der Waals surface area contributed by atoms with Gasteiger partial charge in [0.25, 0.3) is 5.91 Å².